The number of halogens is 2. The van der Waals surface area contributed by atoms with Gasteiger partial charge in [-0.1, -0.05) is 23.7 Å². The topological polar surface area (TPSA) is 46.3 Å². The van der Waals surface area contributed by atoms with Crippen molar-refractivity contribution in [2.45, 2.75) is 38.1 Å². The fourth-order valence-corrected chi connectivity index (χ4v) is 3.21. The van der Waals surface area contributed by atoms with Crippen LogP contribution in [0.1, 0.15) is 32.3 Å². The fraction of sp³-hybridized carbons (Fsp3) is 0.533. The number of nitrogens with two attached hydrogens (primary N) is 1. The van der Waals surface area contributed by atoms with Crippen molar-refractivity contribution < 1.29 is 9.18 Å². The zero-order valence-corrected chi connectivity index (χ0v) is 12.6. The molecule has 0 radical (unpaired) electrons. The summed E-state index contributed by atoms with van der Waals surface area (Å²) in [6.45, 7) is 5.05. The van der Waals surface area contributed by atoms with Gasteiger partial charge in [0.25, 0.3) is 0 Å². The lowest BCUT2D eigenvalue weighted by Crippen LogP contribution is -2.59. The molecule has 0 unspecified atom stereocenters. The highest BCUT2D eigenvalue weighted by molar-refractivity contribution is 6.30. The summed E-state index contributed by atoms with van der Waals surface area (Å²) in [6.07, 6.45) is 0.944. The van der Waals surface area contributed by atoms with Crippen molar-refractivity contribution >= 4 is 17.5 Å². The van der Waals surface area contributed by atoms with Crippen LogP contribution in [0, 0.1) is 5.82 Å². The number of rotatable bonds is 4. The molecule has 20 heavy (non-hydrogen) atoms. The smallest absolute Gasteiger partial charge is 0.233 e. The van der Waals surface area contributed by atoms with Crippen LogP contribution in [0.15, 0.2) is 18.2 Å². The van der Waals surface area contributed by atoms with E-state index in [4.69, 9.17) is 17.3 Å². The molecule has 0 aliphatic heterocycles. The third-order valence-electron chi connectivity index (χ3n) is 4.15. The third-order valence-corrected chi connectivity index (χ3v) is 4.44. The third kappa shape index (κ3) is 2.31. The minimum absolute atomic E-state index is 0.0506. The van der Waals surface area contributed by atoms with Gasteiger partial charge in [0, 0.05) is 24.7 Å². The Morgan fingerprint density at radius 3 is 2.55 bits per heavy atom. The molecule has 0 spiro atoms. The maximum Gasteiger partial charge on any atom is 0.233 e. The summed E-state index contributed by atoms with van der Waals surface area (Å²) in [5.74, 6) is -0.549. The Morgan fingerprint density at radius 2 is 2.05 bits per heavy atom. The molecule has 0 heterocycles. The number of carbonyl (C=O) groups is 1. The van der Waals surface area contributed by atoms with Gasteiger partial charge in [-0.3, -0.25) is 4.79 Å². The van der Waals surface area contributed by atoms with Gasteiger partial charge in [-0.25, -0.2) is 4.39 Å². The van der Waals surface area contributed by atoms with Crippen LogP contribution >= 0.6 is 11.6 Å². The highest BCUT2D eigenvalue weighted by atomic mass is 35.5. The second-order valence-corrected chi connectivity index (χ2v) is 5.74. The Bertz CT molecular complexity index is 511. The van der Waals surface area contributed by atoms with E-state index in [-0.39, 0.29) is 17.0 Å². The standard InChI is InChI=1S/C15H20ClFN2O/c1-3-19(4-2)14(20)15(8-10(18)9-15)11-6-5-7-12(16)13(11)17/h5-7,10H,3-4,8-9,18H2,1-2H3. The lowest BCUT2D eigenvalue weighted by atomic mass is 9.60. The minimum atomic E-state index is -0.847. The Morgan fingerprint density at radius 1 is 1.45 bits per heavy atom. The summed E-state index contributed by atoms with van der Waals surface area (Å²) in [7, 11) is 0. The van der Waals surface area contributed by atoms with Gasteiger partial charge in [0.05, 0.1) is 10.4 Å². The number of carbonyl (C=O) groups excluding carboxylic acids is 1. The lowest BCUT2D eigenvalue weighted by Gasteiger charge is -2.47. The molecule has 1 aromatic rings. The highest BCUT2D eigenvalue weighted by Crippen LogP contribution is 2.46. The number of amides is 1. The van der Waals surface area contributed by atoms with Gasteiger partial charge in [0.1, 0.15) is 5.82 Å². The van der Waals surface area contributed by atoms with Gasteiger partial charge in [0.2, 0.25) is 5.91 Å². The molecule has 2 rings (SSSR count). The summed E-state index contributed by atoms with van der Waals surface area (Å²) < 4.78 is 14.3. The van der Waals surface area contributed by atoms with Crippen molar-refractivity contribution in [3.05, 3.63) is 34.6 Å². The largest absolute Gasteiger partial charge is 0.342 e. The van der Waals surface area contributed by atoms with Gasteiger partial charge in [-0.2, -0.15) is 0 Å². The Labute approximate surface area is 123 Å². The quantitative estimate of drug-likeness (QED) is 0.929. The predicted octanol–water partition coefficient (Wildman–Crippen LogP) is 2.71. The van der Waals surface area contributed by atoms with Crippen LogP contribution in [-0.4, -0.2) is 29.9 Å². The van der Waals surface area contributed by atoms with Crippen LogP contribution in [-0.2, 0) is 10.2 Å². The molecule has 1 aliphatic rings. The van der Waals surface area contributed by atoms with Gasteiger partial charge in [-0.05, 0) is 32.8 Å². The fourth-order valence-electron chi connectivity index (χ4n) is 3.03. The molecule has 2 N–H and O–H groups in total. The van der Waals surface area contributed by atoms with Crippen LogP contribution < -0.4 is 5.73 Å². The predicted molar refractivity (Wildman–Crippen MR) is 78.2 cm³/mol. The van der Waals surface area contributed by atoms with Crippen LogP contribution in [0.3, 0.4) is 0 Å². The van der Waals surface area contributed by atoms with E-state index in [1.165, 1.54) is 6.07 Å². The van der Waals surface area contributed by atoms with E-state index in [2.05, 4.69) is 0 Å². The molecule has 1 saturated carbocycles. The Balaban J connectivity index is 2.45. The van der Waals surface area contributed by atoms with Crippen molar-refractivity contribution in [3.8, 4) is 0 Å². The van der Waals surface area contributed by atoms with Crippen molar-refractivity contribution in [1.82, 2.24) is 4.90 Å². The van der Waals surface area contributed by atoms with Crippen molar-refractivity contribution in [3.63, 3.8) is 0 Å². The average molecular weight is 299 g/mol. The maximum atomic E-state index is 14.3. The number of likely N-dealkylation sites (N-methyl/N-ethyl adjacent to an activating group) is 1. The number of nitrogens with zero attached hydrogens (tertiary/aromatic N) is 1. The van der Waals surface area contributed by atoms with Crippen molar-refractivity contribution in [2.75, 3.05) is 13.1 Å². The molecule has 1 amide bonds. The molecule has 3 nitrogen and oxygen atoms in total. The number of benzene rings is 1. The van der Waals surface area contributed by atoms with Crippen molar-refractivity contribution in [2.24, 2.45) is 5.73 Å². The van der Waals surface area contributed by atoms with Gasteiger partial charge in [-0.15, -0.1) is 0 Å². The second-order valence-electron chi connectivity index (χ2n) is 5.33. The SMILES string of the molecule is CCN(CC)C(=O)C1(c2cccc(Cl)c2F)CC(N)C1. The molecule has 1 aromatic carbocycles. The summed E-state index contributed by atoms with van der Waals surface area (Å²) in [4.78, 5) is 14.5. The first-order valence-corrected chi connectivity index (χ1v) is 7.33. The average Bonchev–Trinajstić information content (AvgIpc) is 2.39. The van der Waals surface area contributed by atoms with E-state index in [0.29, 0.717) is 31.5 Å². The zero-order valence-electron chi connectivity index (χ0n) is 11.8. The van der Waals surface area contributed by atoms with Crippen LogP contribution in [0.2, 0.25) is 5.02 Å². The minimum Gasteiger partial charge on any atom is -0.342 e. The van der Waals surface area contributed by atoms with Gasteiger partial charge < -0.3 is 10.6 Å². The first-order chi connectivity index (χ1) is 9.46. The Kier molecular flexibility index (Phi) is 4.35. The van der Waals surface area contributed by atoms with Crippen molar-refractivity contribution in [1.29, 1.82) is 0 Å². The monoisotopic (exact) mass is 298 g/mol. The van der Waals surface area contributed by atoms with Gasteiger partial charge >= 0.3 is 0 Å². The molecule has 0 atom stereocenters. The molecule has 0 aromatic heterocycles. The summed E-state index contributed by atoms with van der Waals surface area (Å²) in [5, 5.41) is 0.0506. The zero-order chi connectivity index (χ0) is 14.9. The first-order valence-electron chi connectivity index (χ1n) is 6.95. The van der Waals surface area contributed by atoms with Gasteiger partial charge in [0.15, 0.2) is 0 Å². The summed E-state index contributed by atoms with van der Waals surface area (Å²) >= 11 is 5.86. The molecule has 1 fully saturated rings. The van der Waals surface area contributed by atoms with Crippen LogP contribution in [0.4, 0.5) is 4.39 Å². The molecule has 5 heteroatoms. The lowest BCUT2D eigenvalue weighted by molar-refractivity contribution is -0.141. The van der Waals surface area contributed by atoms with Crippen LogP contribution in [0.25, 0.3) is 0 Å². The first kappa shape index (κ1) is 15.3. The van der Waals surface area contributed by atoms with Crippen LogP contribution in [0.5, 0.6) is 0 Å². The summed E-state index contributed by atoms with van der Waals surface area (Å²) in [5.41, 5.74) is 5.41. The molecular formula is C15H20ClFN2O. The molecule has 1 aliphatic carbocycles. The van der Waals surface area contributed by atoms with E-state index in [0.717, 1.165) is 0 Å². The molecular weight excluding hydrogens is 279 g/mol. The summed E-state index contributed by atoms with van der Waals surface area (Å²) in [6, 6.07) is 4.76. The normalized spacial score (nSPS) is 25.1. The van der Waals surface area contributed by atoms with E-state index >= 15 is 0 Å². The number of hydrogen-bond acceptors (Lipinski definition) is 2. The molecule has 0 bridgehead atoms. The molecule has 0 saturated heterocycles. The van der Waals surface area contributed by atoms with E-state index in [1.807, 2.05) is 13.8 Å². The van der Waals surface area contributed by atoms with E-state index < -0.39 is 11.2 Å². The maximum absolute atomic E-state index is 14.3. The number of hydrogen-bond donors (Lipinski definition) is 1. The van der Waals surface area contributed by atoms with E-state index in [1.54, 1.807) is 17.0 Å². The molecule has 110 valence electrons. The Hall–Kier alpha value is -1.13. The van der Waals surface area contributed by atoms with E-state index in [9.17, 15) is 9.18 Å². The highest BCUT2D eigenvalue weighted by Gasteiger charge is 2.52. The second kappa shape index (κ2) is 5.70.